The minimum Gasteiger partial charge on any atom is -0.496 e. The molecule has 6 nitrogen and oxygen atoms in total. The molecule has 0 radical (unpaired) electrons. The highest BCUT2D eigenvalue weighted by molar-refractivity contribution is 5.83. The first kappa shape index (κ1) is 26.4. The maximum atomic E-state index is 14.3. The van der Waals surface area contributed by atoms with Crippen molar-refractivity contribution < 1.29 is 13.5 Å². The highest BCUT2D eigenvalue weighted by Crippen LogP contribution is 2.44. The SMILES string of the molecule is C.COc1cc(NC2CN(CCCF)C2)ccc1[C@@H]1c2ccc3[nH]ncc3c2C[C@@H](C)N1CC(C)F. The fourth-order valence-corrected chi connectivity index (χ4v) is 5.73. The number of halogens is 2. The third kappa shape index (κ3) is 5.06. The van der Waals surface area contributed by atoms with Crippen molar-refractivity contribution in [2.75, 3.05) is 45.3 Å². The Balaban J connectivity index is 0.00000304. The fourth-order valence-electron chi connectivity index (χ4n) is 5.73. The molecule has 0 saturated carbocycles. The van der Waals surface area contributed by atoms with Gasteiger partial charge in [0.1, 0.15) is 11.9 Å². The van der Waals surface area contributed by atoms with Crippen molar-refractivity contribution in [3.63, 3.8) is 0 Å². The van der Waals surface area contributed by atoms with Crippen molar-refractivity contribution in [2.45, 2.75) is 58.4 Å². The minimum atomic E-state index is -0.940. The average Bonchev–Trinajstić information content (AvgIpc) is 3.30. The van der Waals surface area contributed by atoms with E-state index >= 15 is 0 Å². The van der Waals surface area contributed by atoms with Crippen LogP contribution in [0.5, 0.6) is 5.75 Å². The third-order valence-corrected chi connectivity index (χ3v) is 7.39. The number of hydrogen-bond donors (Lipinski definition) is 2. The van der Waals surface area contributed by atoms with Crippen LogP contribution in [-0.4, -0.2) is 78.2 Å². The van der Waals surface area contributed by atoms with Gasteiger partial charge in [0, 0.05) is 54.9 Å². The molecule has 196 valence electrons. The van der Waals surface area contributed by atoms with E-state index in [9.17, 15) is 8.78 Å². The molecule has 2 N–H and O–H groups in total. The van der Waals surface area contributed by atoms with E-state index in [1.165, 1.54) is 11.1 Å². The smallest absolute Gasteiger partial charge is 0.126 e. The summed E-state index contributed by atoms with van der Waals surface area (Å²) in [5, 5.41) is 12.0. The van der Waals surface area contributed by atoms with Gasteiger partial charge in [-0.15, -0.1) is 0 Å². The zero-order valence-corrected chi connectivity index (χ0v) is 20.7. The number of alkyl halides is 2. The van der Waals surface area contributed by atoms with E-state index in [1.807, 2.05) is 12.3 Å². The molecule has 3 atom stereocenters. The number of rotatable bonds is 9. The van der Waals surface area contributed by atoms with Crippen molar-refractivity contribution >= 4 is 16.6 Å². The standard InChI is InChI=1S/C27H35F2N5O.CH4/c1-17(29)14-34-18(2)11-23-21(7-8-25-24(23)13-30-32-25)27(34)22-6-5-19(12-26(22)35-3)31-20-15-33(16-20)10-4-9-28;/h5-8,12-13,17-18,20,27,31H,4,9-11,14-16H2,1-3H3,(H,30,32);1H4/t17?,18-,27+;/m1./s1. The van der Waals surface area contributed by atoms with Gasteiger partial charge in [-0.3, -0.25) is 19.3 Å². The van der Waals surface area contributed by atoms with Crippen LogP contribution in [0.15, 0.2) is 36.5 Å². The first-order chi connectivity index (χ1) is 17.0. The number of H-pyrrole nitrogens is 1. The fraction of sp³-hybridized carbons (Fsp3) is 0.536. The lowest BCUT2D eigenvalue weighted by Gasteiger charge is -2.43. The predicted molar refractivity (Wildman–Crippen MR) is 143 cm³/mol. The van der Waals surface area contributed by atoms with Crippen LogP contribution in [0.3, 0.4) is 0 Å². The minimum absolute atomic E-state index is 0. The molecular weight excluding hydrogens is 460 g/mol. The van der Waals surface area contributed by atoms with Crippen LogP contribution in [0.1, 0.15) is 50.4 Å². The van der Waals surface area contributed by atoms with Crippen LogP contribution in [0, 0.1) is 0 Å². The summed E-state index contributed by atoms with van der Waals surface area (Å²) in [6.45, 7) is 6.53. The summed E-state index contributed by atoms with van der Waals surface area (Å²) < 4.78 is 32.7. The monoisotopic (exact) mass is 499 g/mol. The number of benzene rings is 2. The predicted octanol–water partition coefficient (Wildman–Crippen LogP) is 5.36. The Bertz CT molecular complexity index is 1160. The second-order valence-corrected chi connectivity index (χ2v) is 10.00. The highest BCUT2D eigenvalue weighted by Gasteiger charge is 2.36. The topological polar surface area (TPSA) is 56.4 Å². The molecule has 3 heterocycles. The van der Waals surface area contributed by atoms with Gasteiger partial charge in [-0.1, -0.05) is 19.6 Å². The Hall–Kier alpha value is -2.71. The average molecular weight is 500 g/mol. The van der Waals surface area contributed by atoms with Gasteiger partial charge in [0.2, 0.25) is 0 Å². The zero-order chi connectivity index (χ0) is 24.5. The van der Waals surface area contributed by atoms with Gasteiger partial charge in [0.05, 0.1) is 37.6 Å². The van der Waals surface area contributed by atoms with Crippen molar-refractivity contribution in [1.29, 1.82) is 0 Å². The summed E-state index contributed by atoms with van der Waals surface area (Å²) in [5.41, 5.74) is 5.50. The number of likely N-dealkylation sites (tertiary alicyclic amines) is 1. The molecule has 1 unspecified atom stereocenters. The number of methoxy groups -OCH3 is 1. The summed E-state index contributed by atoms with van der Waals surface area (Å²) >= 11 is 0. The first-order valence-electron chi connectivity index (χ1n) is 12.6. The van der Waals surface area contributed by atoms with Crippen LogP contribution in [0.25, 0.3) is 10.9 Å². The molecule has 0 spiro atoms. The molecule has 3 aromatic rings. The van der Waals surface area contributed by atoms with Crippen molar-refractivity contribution in [2.24, 2.45) is 0 Å². The van der Waals surface area contributed by atoms with Crippen LogP contribution >= 0.6 is 0 Å². The van der Waals surface area contributed by atoms with Crippen LogP contribution in [-0.2, 0) is 6.42 Å². The largest absolute Gasteiger partial charge is 0.496 e. The number of ether oxygens (including phenoxy) is 1. The summed E-state index contributed by atoms with van der Waals surface area (Å²) in [6.07, 6.45) is 2.39. The number of fused-ring (bicyclic) bond motifs is 3. The number of nitrogens with zero attached hydrogens (tertiary/aromatic N) is 3. The maximum absolute atomic E-state index is 14.3. The molecule has 1 aromatic heterocycles. The van der Waals surface area contributed by atoms with Gasteiger partial charge < -0.3 is 10.1 Å². The van der Waals surface area contributed by atoms with Crippen LogP contribution in [0.2, 0.25) is 0 Å². The zero-order valence-electron chi connectivity index (χ0n) is 20.7. The Kier molecular flexibility index (Phi) is 8.15. The van der Waals surface area contributed by atoms with Gasteiger partial charge in [-0.05, 0) is 49.9 Å². The number of aromatic amines is 1. The second-order valence-electron chi connectivity index (χ2n) is 10.00. The van der Waals surface area contributed by atoms with E-state index in [0.29, 0.717) is 19.0 Å². The van der Waals surface area contributed by atoms with Gasteiger partial charge in [0.15, 0.2) is 0 Å². The number of anilines is 1. The van der Waals surface area contributed by atoms with Gasteiger partial charge in [-0.25, -0.2) is 4.39 Å². The molecule has 2 aliphatic rings. The molecule has 0 amide bonds. The van der Waals surface area contributed by atoms with Crippen LogP contribution < -0.4 is 10.1 Å². The van der Waals surface area contributed by atoms with E-state index in [0.717, 1.165) is 54.0 Å². The molecule has 36 heavy (non-hydrogen) atoms. The van der Waals surface area contributed by atoms with E-state index in [2.05, 4.69) is 56.5 Å². The lowest BCUT2D eigenvalue weighted by molar-refractivity contribution is 0.113. The van der Waals surface area contributed by atoms with E-state index in [-0.39, 0.29) is 26.2 Å². The Morgan fingerprint density at radius 3 is 2.72 bits per heavy atom. The van der Waals surface area contributed by atoms with Crippen molar-refractivity contribution in [1.82, 2.24) is 20.0 Å². The molecule has 0 bridgehead atoms. The number of nitrogens with one attached hydrogen (secondary N) is 2. The molecule has 1 saturated heterocycles. The summed E-state index contributed by atoms with van der Waals surface area (Å²) in [6, 6.07) is 10.9. The van der Waals surface area contributed by atoms with Crippen molar-refractivity contribution in [3.05, 3.63) is 53.2 Å². The number of aromatic nitrogens is 2. The lowest BCUT2D eigenvalue weighted by atomic mass is 9.83. The summed E-state index contributed by atoms with van der Waals surface area (Å²) in [5.74, 6) is 0.789. The molecule has 0 aliphatic carbocycles. The third-order valence-electron chi connectivity index (χ3n) is 7.39. The number of hydrogen-bond acceptors (Lipinski definition) is 5. The molecule has 5 rings (SSSR count). The maximum Gasteiger partial charge on any atom is 0.126 e. The van der Waals surface area contributed by atoms with Crippen molar-refractivity contribution in [3.8, 4) is 5.75 Å². The van der Waals surface area contributed by atoms with E-state index < -0.39 is 6.17 Å². The Morgan fingerprint density at radius 2 is 2.00 bits per heavy atom. The molecule has 2 aliphatic heterocycles. The quantitative estimate of drug-likeness (QED) is 0.415. The Morgan fingerprint density at radius 1 is 1.22 bits per heavy atom. The summed E-state index contributed by atoms with van der Waals surface area (Å²) in [4.78, 5) is 4.52. The van der Waals surface area contributed by atoms with E-state index in [4.69, 9.17) is 4.74 Å². The van der Waals surface area contributed by atoms with Crippen LogP contribution in [0.4, 0.5) is 14.5 Å². The molecule has 8 heteroatoms. The molecular formula is C28H39F2N5O. The Labute approximate surface area is 213 Å². The summed E-state index contributed by atoms with van der Waals surface area (Å²) in [7, 11) is 1.69. The molecule has 1 fully saturated rings. The lowest BCUT2D eigenvalue weighted by Crippen LogP contribution is -2.54. The molecule has 2 aromatic carbocycles. The van der Waals surface area contributed by atoms with Gasteiger partial charge in [-0.2, -0.15) is 5.10 Å². The van der Waals surface area contributed by atoms with Gasteiger partial charge in [0.25, 0.3) is 0 Å². The second kappa shape index (κ2) is 11.1. The highest BCUT2D eigenvalue weighted by atomic mass is 19.1. The normalized spacial score (nSPS) is 21.5. The first-order valence-corrected chi connectivity index (χ1v) is 12.6. The van der Waals surface area contributed by atoms with E-state index in [1.54, 1.807) is 14.0 Å². The van der Waals surface area contributed by atoms with Gasteiger partial charge >= 0.3 is 0 Å².